The van der Waals surface area contributed by atoms with E-state index in [1.165, 1.54) is 0 Å². The molecule has 0 aromatic carbocycles. The molecule has 2 rings (SSSR count). The molecule has 2 heterocycles. The lowest BCUT2D eigenvalue weighted by Gasteiger charge is -2.39. The molecule has 0 amide bonds. The molecule has 1 saturated heterocycles. The second kappa shape index (κ2) is 3.84. The predicted octanol–water partition coefficient (Wildman–Crippen LogP) is 0.519. The summed E-state index contributed by atoms with van der Waals surface area (Å²) >= 11 is 0. The molecule has 0 bridgehead atoms. The Kier molecular flexibility index (Phi) is 2.54. The summed E-state index contributed by atoms with van der Waals surface area (Å²) in [6.45, 7) is 2.07. The minimum atomic E-state index is 0.270. The molecule has 0 atom stereocenters. The van der Waals surface area contributed by atoms with Crippen LogP contribution in [0, 0.1) is 5.92 Å². The van der Waals surface area contributed by atoms with Crippen LogP contribution in [0.25, 0.3) is 0 Å². The van der Waals surface area contributed by atoms with E-state index in [-0.39, 0.29) is 6.61 Å². The van der Waals surface area contributed by atoms with Crippen LogP contribution in [0.15, 0.2) is 18.3 Å². The first-order valence-corrected chi connectivity index (χ1v) is 4.69. The zero-order chi connectivity index (χ0) is 9.97. The Bertz CT molecular complexity index is 293. The summed E-state index contributed by atoms with van der Waals surface area (Å²) < 4.78 is 5.02. The van der Waals surface area contributed by atoms with Gasteiger partial charge in [-0.25, -0.2) is 4.98 Å². The van der Waals surface area contributed by atoms with E-state index in [0.29, 0.717) is 5.92 Å². The van der Waals surface area contributed by atoms with E-state index >= 15 is 0 Å². The molecule has 4 nitrogen and oxygen atoms in total. The van der Waals surface area contributed by atoms with Crippen LogP contribution >= 0.6 is 0 Å². The van der Waals surface area contributed by atoms with E-state index in [0.717, 1.165) is 24.7 Å². The number of rotatable bonds is 3. The lowest BCUT2D eigenvalue weighted by Crippen LogP contribution is -2.48. The van der Waals surface area contributed by atoms with Crippen molar-refractivity contribution < 1.29 is 9.84 Å². The Balaban J connectivity index is 1.98. The van der Waals surface area contributed by atoms with E-state index in [4.69, 9.17) is 9.84 Å². The molecular formula is C10H14N2O2. The highest BCUT2D eigenvalue weighted by Crippen LogP contribution is 2.23. The highest BCUT2D eigenvalue weighted by molar-refractivity contribution is 5.43. The Labute approximate surface area is 83.1 Å². The summed E-state index contributed by atoms with van der Waals surface area (Å²) in [4.78, 5) is 6.40. The average molecular weight is 194 g/mol. The highest BCUT2D eigenvalue weighted by atomic mass is 16.5. The van der Waals surface area contributed by atoms with Gasteiger partial charge in [-0.2, -0.15) is 0 Å². The van der Waals surface area contributed by atoms with E-state index in [1.807, 2.05) is 12.1 Å². The van der Waals surface area contributed by atoms with Crippen LogP contribution in [0.1, 0.15) is 0 Å². The second-order valence-electron chi connectivity index (χ2n) is 3.51. The van der Waals surface area contributed by atoms with Gasteiger partial charge < -0.3 is 14.7 Å². The van der Waals surface area contributed by atoms with E-state index < -0.39 is 0 Å². The number of hydrogen-bond donors (Lipinski definition) is 1. The van der Waals surface area contributed by atoms with Crippen LogP contribution in [0.5, 0.6) is 5.75 Å². The number of aliphatic hydroxyl groups excluding tert-OH is 1. The smallest absolute Gasteiger partial charge is 0.137 e. The quantitative estimate of drug-likeness (QED) is 0.762. The van der Waals surface area contributed by atoms with Crippen molar-refractivity contribution >= 4 is 5.82 Å². The van der Waals surface area contributed by atoms with Crippen molar-refractivity contribution in [3.05, 3.63) is 18.3 Å². The van der Waals surface area contributed by atoms with Crippen LogP contribution in [-0.4, -0.2) is 36.9 Å². The standard InChI is InChI=1S/C10H14N2O2/c1-14-9-2-3-10(11-4-9)12-5-8(6-12)7-13/h2-4,8,13H,5-7H2,1H3. The fourth-order valence-electron chi connectivity index (χ4n) is 1.55. The minimum absolute atomic E-state index is 0.270. The van der Waals surface area contributed by atoms with Gasteiger partial charge in [0.05, 0.1) is 13.3 Å². The third-order valence-corrected chi connectivity index (χ3v) is 2.50. The Morgan fingerprint density at radius 2 is 2.36 bits per heavy atom. The van der Waals surface area contributed by atoms with E-state index in [1.54, 1.807) is 13.3 Å². The van der Waals surface area contributed by atoms with Crippen molar-refractivity contribution in [3.8, 4) is 5.75 Å². The molecule has 1 aliphatic rings. The van der Waals surface area contributed by atoms with Crippen LogP contribution in [0.2, 0.25) is 0 Å². The molecule has 76 valence electrons. The van der Waals surface area contributed by atoms with Gasteiger partial charge in [0, 0.05) is 25.6 Å². The van der Waals surface area contributed by atoms with Gasteiger partial charge >= 0.3 is 0 Å². The molecule has 0 unspecified atom stereocenters. The van der Waals surface area contributed by atoms with Crippen molar-refractivity contribution in [2.75, 3.05) is 31.7 Å². The average Bonchev–Trinajstić information content (AvgIpc) is 2.17. The van der Waals surface area contributed by atoms with Gasteiger partial charge in [0.15, 0.2) is 0 Å². The lowest BCUT2D eigenvalue weighted by molar-refractivity contribution is 0.200. The zero-order valence-electron chi connectivity index (χ0n) is 8.18. The van der Waals surface area contributed by atoms with Crippen LogP contribution < -0.4 is 9.64 Å². The molecule has 1 N–H and O–H groups in total. The topological polar surface area (TPSA) is 45.6 Å². The van der Waals surface area contributed by atoms with Crippen molar-refractivity contribution in [1.29, 1.82) is 0 Å². The van der Waals surface area contributed by atoms with Gasteiger partial charge in [0.1, 0.15) is 11.6 Å². The fraction of sp³-hybridized carbons (Fsp3) is 0.500. The maximum absolute atomic E-state index is 8.87. The SMILES string of the molecule is COc1ccc(N2CC(CO)C2)nc1. The van der Waals surface area contributed by atoms with Crippen molar-refractivity contribution in [3.63, 3.8) is 0 Å². The largest absolute Gasteiger partial charge is 0.495 e. The zero-order valence-corrected chi connectivity index (χ0v) is 8.18. The van der Waals surface area contributed by atoms with E-state index in [2.05, 4.69) is 9.88 Å². The monoisotopic (exact) mass is 194 g/mol. The van der Waals surface area contributed by atoms with Crippen LogP contribution in [0.3, 0.4) is 0 Å². The Morgan fingerprint density at radius 1 is 1.57 bits per heavy atom. The first kappa shape index (κ1) is 9.27. The van der Waals surface area contributed by atoms with E-state index in [9.17, 15) is 0 Å². The lowest BCUT2D eigenvalue weighted by atomic mass is 10.0. The first-order valence-electron chi connectivity index (χ1n) is 4.69. The summed E-state index contributed by atoms with van der Waals surface area (Å²) in [5.41, 5.74) is 0. The van der Waals surface area contributed by atoms with Gasteiger partial charge in [0.2, 0.25) is 0 Å². The van der Waals surface area contributed by atoms with Crippen molar-refractivity contribution in [2.45, 2.75) is 0 Å². The Hall–Kier alpha value is -1.29. The molecule has 4 heteroatoms. The van der Waals surface area contributed by atoms with Gasteiger partial charge in [-0.15, -0.1) is 0 Å². The minimum Gasteiger partial charge on any atom is -0.495 e. The summed E-state index contributed by atoms with van der Waals surface area (Å²) in [5.74, 6) is 2.14. The maximum Gasteiger partial charge on any atom is 0.137 e. The van der Waals surface area contributed by atoms with Gasteiger partial charge in [-0.3, -0.25) is 0 Å². The number of ether oxygens (including phenoxy) is 1. The summed E-state index contributed by atoms with van der Waals surface area (Å²) in [6.07, 6.45) is 1.71. The number of nitrogens with zero attached hydrogens (tertiary/aromatic N) is 2. The molecule has 0 radical (unpaired) electrons. The molecule has 0 aliphatic carbocycles. The molecular weight excluding hydrogens is 180 g/mol. The van der Waals surface area contributed by atoms with Crippen molar-refractivity contribution in [2.24, 2.45) is 5.92 Å². The second-order valence-corrected chi connectivity index (χ2v) is 3.51. The number of methoxy groups -OCH3 is 1. The maximum atomic E-state index is 8.87. The summed E-state index contributed by atoms with van der Waals surface area (Å²) in [6, 6.07) is 3.83. The molecule has 1 aromatic rings. The Morgan fingerprint density at radius 3 is 2.86 bits per heavy atom. The van der Waals surface area contributed by atoms with Crippen molar-refractivity contribution in [1.82, 2.24) is 4.98 Å². The molecule has 14 heavy (non-hydrogen) atoms. The van der Waals surface area contributed by atoms with Gasteiger partial charge in [-0.05, 0) is 12.1 Å². The van der Waals surface area contributed by atoms with Gasteiger partial charge in [-0.1, -0.05) is 0 Å². The predicted molar refractivity (Wildman–Crippen MR) is 53.6 cm³/mol. The molecule has 0 spiro atoms. The third-order valence-electron chi connectivity index (χ3n) is 2.50. The van der Waals surface area contributed by atoms with Crippen LogP contribution in [-0.2, 0) is 0 Å². The highest BCUT2D eigenvalue weighted by Gasteiger charge is 2.26. The molecule has 0 saturated carbocycles. The normalized spacial score (nSPS) is 16.6. The summed E-state index contributed by atoms with van der Waals surface area (Å²) in [5, 5.41) is 8.87. The number of anilines is 1. The number of pyridine rings is 1. The molecule has 1 aliphatic heterocycles. The molecule has 1 aromatic heterocycles. The van der Waals surface area contributed by atoms with Gasteiger partial charge in [0.25, 0.3) is 0 Å². The number of aliphatic hydroxyl groups is 1. The number of aromatic nitrogens is 1. The fourth-order valence-corrected chi connectivity index (χ4v) is 1.55. The summed E-state index contributed by atoms with van der Waals surface area (Å²) in [7, 11) is 1.63. The third kappa shape index (κ3) is 1.65. The first-order chi connectivity index (χ1) is 6.83. The molecule has 1 fully saturated rings. The number of hydrogen-bond acceptors (Lipinski definition) is 4. The van der Waals surface area contributed by atoms with Crippen LogP contribution in [0.4, 0.5) is 5.82 Å².